The van der Waals surface area contributed by atoms with Crippen molar-refractivity contribution in [2.75, 3.05) is 19.0 Å². The average molecular weight is 491 g/mol. The Kier molecular flexibility index (Phi) is 5.45. The minimum atomic E-state index is -0.431. The third kappa shape index (κ3) is 3.90. The highest BCUT2D eigenvalue weighted by Gasteiger charge is 2.35. The van der Waals surface area contributed by atoms with E-state index in [1.165, 1.54) is 24.1 Å². The summed E-state index contributed by atoms with van der Waals surface area (Å²) in [6.45, 7) is 0.270. The molecule has 0 saturated carbocycles. The van der Waals surface area contributed by atoms with Gasteiger partial charge in [-0.1, -0.05) is 48.5 Å². The number of rotatable bonds is 6. The van der Waals surface area contributed by atoms with Crippen LogP contribution in [0.15, 0.2) is 89.3 Å². The van der Waals surface area contributed by atoms with Gasteiger partial charge in [0.25, 0.3) is 17.7 Å². The summed E-state index contributed by atoms with van der Waals surface area (Å²) in [4.78, 5) is 40.3. The van der Waals surface area contributed by atoms with Crippen LogP contribution in [0.1, 0.15) is 36.6 Å². The van der Waals surface area contributed by atoms with Gasteiger partial charge in [0.1, 0.15) is 16.9 Å². The number of furan rings is 1. The average Bonchev–Trinajstić information content (AvgIpc) is 3.40. The van der Waals surface area contributed by atoms with Gasteiger partial charge in [-0.05, 0) is 42.3 Å². The van der Waals surface area contributed by atoms with E-state index in [1.807, 2.05) is 60.7 Å². The van der Waals surface area contributed by atoms with Crippen LogP contribution in [0.4, 0.5) is 5.69 Å². The van der Waals surface area contributed by atoms with Crippen LogP contribution in [0.5, 0.6) is 5.75 Å². The number of hydrogen-bond acceptors (Lipinski definition) is 5. The molecule has 0 fully saturated rings. The van der Waals surface area contributed by atoms with E-state index in [0.717, 1.165) is 21.9 Å². The van der Waals surface area contributed by atoms with Gasteiger partial charge in [0.05, 0.1) is 23.9 Å². The number of imide groups is 1. The maximum absolute atomic E-state index is 13.2. The van der Waals surface area contributed by atoms with Crippen LogP contribution < -0.4 is 10.1 Å². The van der Waals surface area contributed by atoms with E-state index in [2.05, 4.69) is 5.32 Å². The smallest absolute Gasteiger partial charge is 0.261 e. The quantitative estimate of drug-likeness (QED) is 0.309. The van der Waals surface area contributed by atoms with Gasteiger partial charge in [-0.2, -0.15) is 0 Å². The van der Waals surface area contributed by atoms with Crippen LogP contribution >= 0.6 is 0 Å². The number of amides is 3. The van der Waals surface area contributed by atoms with Crippen molar-refractivity contribution < 1.29 is 23.5 Å². The zero-order valence-electron chi connectivity index (χ0n) is 20.0. The van der Waals surface area contributed by atoms with Gasteiger partial charge in [-0.3, -0.25) is 19.3 Å². The maximum atomic E-state index is 13.2. The molecule has 3 amide bonds. The lowest BCUT2D eigenvalue weighted by Crippen LogP contribution is -2.31. The summed E-state index contributed by atoms with van der Waals surface area (Å²) < 4.78 is 11.5. The summed E-state index contributed by atoms with van der Waals surface area (Å²) in [5.41, 5.74) is 3.61. The molecule has 0 radical (unpaired) electrons. The van der Waals surface area contributed by atoms with Crippen molar-refractivity contribution in [1.29, 1.82) is 0 Å². The molecule has 1 aromatic heterocycles. The summed E-state index contributed by atoms with van der Waals surface area (Å²) in [5.74, 6) is -0.696. The lowest BCUT2D eigenvalue weighted by atomic mass is 10.0. The molecule has 0 spiro atoms. The Hall–Kier alpha value is -4.91. The molecule has 0 aliphatic carbocycles. The van der Waals surface area contributed by atoms with E-state index in [0.29, 0.717) is 29.0 Å². The van der Waals surface area contributed by atoms with E-state index in [4.69, 9.17) is 9.15 Å². The van der Waals surface area contributed by atoms with Crippen LogP contribution in [0, 0.1) is 0 Å². The molecular formula is C30H22N2O5. The zero-order chi connectivity index (χ0) is 25.5. The minimum absolute atomic E-state index is 0.227. The number of ether oxygens (including phenoxy) is 1. The first kappa shape index (κ1) is 22.5. The standard InChI is InChI=1S/C30H22N2O5/c1-36-27-16-22-20-9-5-6-10-25(20)37-26(22)17-24(27)31-28(33)19-11-12-21-23(15-19)30(35)32(29(21)34)14-13-18-7-3-2-4-8-18/h2-12,15-17H,13-14H2,1H3,(H,31,33). The first-order valence-electron chi connectivity index (χ1n) is 11.9. The molecule has 1 aliphatic rings. The second kappa shape index (κ2) is 8.95. The number of carbonyl (C=O) groups excluding carboxylic acids is 3. The Morgan fingerprint density at radius 1 is 0.838 bits per heavy atom. The first-order chi connectivity index (χ1) is 18.0. The topological polar surface area (TPSA) is 88.9 Å². The van der Waals surface area contributed by atoms with Crippen molar-refractivity contribution in [1.82, 2.24) is 4.90 Å². The van der Waals surface area contributed by atoms with Gasteiger partial charge in [0.15, 0.2) is 0 Å². The van der Waals surface area contributed by atoms with Crippen molar-refractivity contribution in [3.8, 4) is 5.75 Å². The molecular weight excluding hydrogens is 468 g/mol. The Balaban J connectivity index is 1.25. The Morgan fingerprint density at radius 2 is 1.59 bits per heavy atom. The van der Waals surface area contributed by atoms with Gasteiger partial charge in [0.2, 0.25) is 0 Å². The van der Waals surface area contributed by atoms with Crippen LogP contribution in [0.3, 0.4) is 0 Å². The fourth-order valence-electron chi connectivity index (χ4n) is 4.73. The molecule has 5 aromatic rings. The van der Waals surface area contributed by atoms with Crippen molar-refractivity contribution in [3.63, 3.8) is 0 Å². The lowest BCUT2D eigenvalue weighted by molar-refractivity contribution is 0.0656. The van der Waals surface area contributed by atoms with Crippen molar-refractivity contribution in [2.45, 2.75) is 6.42 Å². The lowest BCUT2D eigenvalue weighted by Gasteiger charge is -2.13. The number of nitrogens with one attached hydrogen (secondary N) is 1. The fraction of sp³-hybridized carbons (Fsp3) is 0.100. The molecule has 0 saturated heterocycles. The van der Waals surface area contributed by atoms with Crippen LogP contribution in [0.25, 0.3) is 21.9 Å². The second-order valence-electron chi connectivity index (χ2n) is 8.86. The van der Waals surface area contributed by atoms with Gasteiger partial charge >= 0.3 is 0 Å². The molecule has 4 aromatic carbocycles. The van der Waals surface area contributed by atoms with E-state index >= 15 is 0 Å². The normalized spacial score (nSPS) is 12.8. The summed E-state index contributed by atoms with van der Waals surface area (Å²) in [6.07, 6.45) is 0.559. The van der Waals surface area contributed by atoms with E-state index in [-0.39, 0.29) is 23.6 Å². The van der Waals surface area contributed by atoms with Crippen LogP contribution in [-0.2, 0) is 6.42 Å². The molecule has 37 heavy (non-hydrogen) atoms. The number of anilines is 1. The predicted molar refractivity (Wildman–Crippen MR) is 140 cm³/mol. The van der Waals surface area contributed by atoms with Gasteiger partial charge < -0.3 is 14.5 Å². The minimum Gasteiger partial charge on any atom is -0.495 e. The summed E-state index contributed by atoms with van der Waals surface area (Å²) in [5, 5.41) is 4.68. The number of methoxy groups -OCH3 is 1. The maximum Gasteiger partial charge on any atom is 0.261 e. The SMILES string of the molecule is COc1cc2c(cc1NC(=O)c1ccc3c(c1)C(=O)N(CCc1ccccc1)C3=O)oc1ccccc12. The third-order valence-electron chi connectivity index (χ3n) is 6.65. The highest BCUT2D eigenvalue weighted by Crippen LogP contribution is 2.36. The summed E-state index contributed by atoms with van der Waals surface area (Å²) >= 11 is 0. The number of benzene rings is 4. The second-order valence-corrected chi connectivity index (χ2v) is 8.86. The molecule has 0 atom stereocenters. The van der Waals surface area contributed by atoms with Gasteiger partial charge in [-0.25, -0.2) is 0 Å². The highest BCUT2D eigenvalue weighted by atomic mass is 16.5. The molecule has 1 N–H and O–H groups in total. The molecule has 6 rings (SSSR count). The molecule has 1 aliphatic heterocycles. The van der Waals surface area contributed by atoms with Crippen molar-refractivity contribution in [3.05, 3.63) is 107 Å². The van der Waals surface area contributed by atoms with E-state index in [1.54, 1.807) is 12.1 Å². The number of para-hydroxylation sites is 1. The molecule has 7 nitrogen and oxygen atoms in total. The van der Waals surface area contributed by atoms with Crippen molar-refractivity contribution in [2.24, 2.45) is 0 Å². The number of carbonyl (C=O) groups is 3. The monoisotopic (exact) mass is 490 g/mol. The first-order valence-corrected chi connectivity index (χ1v) is 11.9. The molecule has 0 unspecified atom stereocenters. The third-order valence-corrected chi connectivity index (χ3v) is 6.65. The molecule has 182 valence electrons. The number of hydrogen-bond donors (Lipinski definition) is 1. The summed E-state index contributed by atoms with van der Waals surface area (Å²) in [7, 11) is 1.53. The molecule has 2 heterocycles. The highest BCUT2D eigenvalue weighted by molar-refractivity contribution is 6.22. The largest absolute Gasteiger partial charge is 0.495 e. The van der Waals surface area contributed by atoms with E-state index in [9.17, 15) is 14.4 Å². The number of nitrogens with zero attached hydrogens (tertiary/aromatic N) is 1. The molecule has 7 heteroatoms. The van der Waals surface area contributed by atoms with E-state index < -0.39 is 11.8 Å². The summed E-state index contributed by atoms with van der Waals surface area (Å²) in [6, 6.07) is 25.4. The van der Waals surface area contributed by atoms with Gasteiger partial charge in [-0.15, -0.1) is 0 Å². The fourth-order valence-corrected chi connectivity index (χ4v) is 4.73. The Bertz CT molecular complexity index is 1700. The Labute approximate surface area is 212 Å². The number of fused-ring (bicyclic) bond motifs is 4. The van der Waals surface area contributed by atoms with Crippen LogP contribution in [0.2, 0.25) is 0 Å². The van der Waals surface area contributed by atoms with Crippen LogP contribution in [-0.4, -0.2) is 36.3 Å². The van der Waals surface area contributed by atoms with Crippen molar-refractivity contribution >= 4 is 45.3 Å². The molecule has 0 bridgehead atoms. The predicted octanol–water partition coefficient (Wildman–Crippen LogP) is 5.69. The Morgan fingerprint density at radius 3 is 2.41 bits per heavy atom. The van der Waals surface area contributed by atoms with Gasteiger partial charge in [0, 0.05) is 28.9 Å². The zero-order valence-corrected chi connectivity index (χ0v) is 20.0.